The van der Waals surface area contributed by atoms with Crippen LogP contribution in [0.15, 0.2) is 18.2 Å². The molecule has 4 heteroatoms. The van der Waals surface area contributed by atoms with Gasteiger partial charge in [-0.2, -0.15) is 0 Å². The van der Waals surface area contributed by atoms with Crippen molar-refractivity contribution in [3.63, 3.8) is 0 Å². The molecule has 1 aromatic carbocycles. The fourth-order valence-corrected chi connectivity index (χ4v) is 1.53. The van der Waals surface area contributed by atoms with Crippen LogP contribution in [0.1, 0.15) is 25.3 Å². The lowest BCUT2D eigenvalue weighted by Gasteiger charge is -2.06. The van der Waals surface area contributed by atoms with Crippen molar-refractivity contribution in [1.29, 1.82) is 0 Å². The van der Waals surface area contributed by atoms with E-state index in [1.807, 2.05) is 0 Å². The van der Waals surface area contributed by atoms with E-state index in [4.69, 9.17) is 0 Å². The second-order valence-corrected chi connectivity index (χ2v) is 4.02. The van der Waals surface area contributed by atoms with Gasteiger partial charge in [0, 0.05) is 18.2 Å². The van der Waals surface area contributed by atoms with Crippen LogP contribution in [0.3, 0.4) is 0 Å². The number of halogens is 2. The summed E-state index contributed by atoms with van der Waals surface area (Å²) in [5.74, 6) is -1.02. The predicted octanol–water partition coefficient (Wildman–Crippen LogP) is 2.44. The fraction of sp³-hybridized carbons (Fsp3) is 0.538. The molecule has 0 heterocycles. The summed E-state index contributed by atoms with van der Waals surface area (Å²) in [6.07, 6.45) is 2.14. The Bertz CT molecular complexity index is 329. The Balaban J connectivity index is 2.14. The van der Waals surface area contributed by atoms with Gasteiger partial charge in [0.1, 0.15) is 11.6 Å². The first-order valence-electron chi connectivity index (χ1n) is 6.09. The van der Waals surface area contributed by atoms with Crippen molar-refractivity contribution < 1.29 is 8.78 Å². The first kappa shape index (κ1) is 14.1. The molecular formula is C13H20F2N2. The molecule has 0 aliphatic carbocycles. The highest BCUT2D eigenvalue weighted by molar-refractivity contribution is 5.18. The Kier molecular flexibility index (Phi) is 6.74. The van der Waals surface area contributed by atoms with Crippen LogP contribution in [0.25, 0.3) is 0 Å². The summed E-state index contributed by atoms with van der Waals surface area (Å²) in [4.78, 5) is 0. The summed E-state index contributed by atoms with van der Waals surface area (Å²) in [5, 5.41) is 6.43. The van der Waals surface area contributed by atoms with Gasteiger partial charge in [-0.1, -0.05) is 13.0 Å². The van der Waals surface area contributed by atoms with Crippen molar-refractivity contribution >= 4 is 0 Å². The Hall–Kier alpha value is -1.00. The molecule has 0 spiro atoms. The monoisotopic (exact) mass is 242 g/mol. The van der Waals surface area contributed by atoms with E-state index in [2.05, 4.69) is 17.6 Å². The van der Waals surface area contributed by atoms with Crippen molar-refractivity contribution in [1.82, 2.24) is 10.6 Å². The smallest absolute Gasteiger partial charge is 0.130 e. The Morgan fingerprint density at radius 3 is 2.53 bits per heavy atom. The molecule has 0 radical (unpaired) electrons. The van der Waals surface area contributed by atoms with Crippen LogP contribution in [0.4, 0.5) is 8.78 Å². The van der Waals surface area contributed by atoms with E-state index in [1.165, 1.54) is 12.1 Å². The van der Waals surface area contributed by atoms with Crippen molar-refractivity contribution in [3.8, 4) is 0 Å². The van der Waals surface area contributed by atoms with Crippen molar-refractivity contribution in [2.45, 2.75) is 26.3 Å². The van der Waals surface area contributed by atoms with E-state index in [1.54, 1.807) is 0 Å². The molecule has 96 valence electrons. The maximum atomic E-state index is 13.2. The van der Waals surface area contributed by atoms with Gasteiger partial charge in [-0.3, -0.25) is 0 Å². The number of rotatable bonds is 8. The molecule has 2 N–H and O–H groups in total. The summed E-state index contributed by atoms with van der Waals surface area (Å²) >= 11 is 0. The molecular weight excluding hydrogens is 222 g/mol. The summed E-state index contributed by atoms with van der Waals surface area (Å²) in [7, 11) is 0. The van der Waals surface area contributed by atoms with E-state index in [0.717, 1.165) is 38.5 Å². The Labute approximate surface area is 101 Å². The third-order valence-corrected chi connectivity index (χ3v) is 2.46. The highest BCUT2D eigenvalue weighted by Crippen LogP contribution is 2.08. The number of hydrogen-bond acceptors (Lipinski definition) is 2. The van der Waals surface area contributed by atoms with Crippen LogP contribution in [0.2, 0.25) is 0 Å². The molecule has 17 heavy (non-hydrogen) atoms. The molecule has 1 aromatic rings. The van der Waals surface area contributed by atoms with Gasteiger partial charge in [0.2, 0.25) is 0 Å². The lowest BCUT2D eigenvalue weighted by Crippen LogP contribution is -2.22. The van der Waals surface area contributed by atoms with Gasteiger partial charge in [0.25, 0.3) is 0 Å². The third kappa shape index (κ3) is 5.75. The van der Waals surface area contributed by atoms with E-state index in [9.17, 15) is 8.78 Å². The van der Waals surface area contributed by atoms with Gasteiger partial charge in [-0.15, -0.1) is 0 Å². The van der Waals surface area contributed by atoms with Crippen LogP contribution < -0.4 is 10.6 Å². The average Bonchev–Trinajstić information content (AvgIpc) is 2.30. The molecule has 0 bridgehead atoms. The zero-order chi connectivity index (χ0) is 12.5. The highest BCUT2D eigenvalue weighted by atomic mass is 19.1. The molecule has 0 saturated carbocycles. The quantitative estimate of drug-likeness (QED) is 0.684. The summed E-state index contributed by atoms with van der Waals surface area (Å²) in [6.45, 7) is 5.40. The summed E-state index contributed by atoms with van der Waals surface area (Å²) in [5.41, 5.74) is 0.507. The maximum Gasteiger partial charge on any atom is 0.130 e. The number of hydrogen-bond donors (Lipinski definition) is 2. The predicted molar refractivity (Wildman–Crippen MR) is 65.8 cm³/mol. The molecule has 1 rings (SSSR count). The minimum atomic E-state index is -0.532. The minimum Gasteiger partial charge on any atom is -0.317 e. The van der Waals surface area contributed by atoms with E-state index in [-0.39, 0.29) is 0 Å². The second kappa shape index (κ2) is 8.14. The van der Waals surface area contributed by atoms with E-state index in [0.29, 0.717) is 12.1 Å². The molecule has 0 aromatic heterocycles. The molecule has 0 amide bonds. The van der Waals surface area contributed by atoms with Gasteiger partial charge in [0.05, 0.1) is 0 Å². The van der Waals surface area contributed by atoms with Crippen molar-refractivity contribution in [2.75, 3.05) is 19.6 Å². The lowest BCUT2D eigenvalue weighted by atomic mass is 10.2. The first-order chi connectivity index (χ1) is 8.24. The Morgan fingerprint density at radius 2 is 1.82 bits per heavy atom. The fourth-order valence-electron chi connectivity index (χ4n) is 1.53. The maximum absolute atomic E-state index is 13.2. The molecule has 0 aliphatic rings. The normalized spacial score (nSPS) is 10.8. The first-order valence-corrected chi connectivity index (χ1v) is 6.09. The molecule has 0 atom stereocenters. The molecule has 0 aliphatic heterocycles. The summed E-state index contributed by atoms with van der Waals surface area (Å²) < 4.78 is 25.9. The SMILES string of the molecule is CCCNCCCNCc1ccc(F)cc1F. The van der Waals surface area contributed by atoms with Gasteiger partial charge in [-0.05, 0) is 38.5 Å². The zero-order valence-electron chi connectivity index (χ0n) is 10.2. The van der Waals surface area contributed by atoms with Crippen LogP contribution >= 0.6 is 0 Å². The van der Waals surface area contributed by atoms with Crippen LogP contribution in [-0.2, 0) is 6.54 Å². The second-order valence-electron chi connectivity index (χ2n) is 4.02. The standard InChI is InChI=1S/C13H20F2N2/c1-2-6-16-7-3-8-17-10-11-4-5-12(14)9-13(11)15/h4-5,9,16-17H,2-3,6-8,10H2,1H3. The summed E-state index contributed by atoms with van der Waals surface area (Å²) in [6, 6.07) is 3.68. The highest BCUT2D eigenvalue weighted by Gasteiger charge is 2.02. The third-order valence-electron chi connectivity index (χ3n) is 2.46. The van der Waals surface area contributed by atoms with E-state index >= 15 is 0 Å². The van der Waals surface area contributed by atoms with Gasteiger partial charge in [0.15, 0.2) is 0 Å². The van der Waals surface area contributed by atoms with Crippen molar-refractivity contribution in [3.05, 3.63) is 35.4 Å². The largest absolute Gasteiger partial charge is 0.317 e. The topological polar surface area (TPSA) is 24.1 Å². The molecule has 0 saturated heterocycles. The lowest BCUT2D eigenvalue weighted by molar-refractivity contribution is 0.551. The van der Waals surface area contributed by atoms with Gasteiger partial charge >= 0.3 is 0 Å². The number of benzene rings is 1. The van der Waals surface area contributed by atoms with Crippen LogP contribution in [-0.4, -0.2) is 19.6 Å². The molecule has 0 fully saturated rings. The van der Waals surface area contributed by atoms with Crippen LogP contribution in [0.5, 0.6) is 0 Å². The number of nitrogens with one attached hydrogen (secondary N) is 2. The molecule has 2 nitrogen and oxygen atoms in total. The van der Waals surface area contributed by atoms with Crippen LogP contribution in [0, 0.1) is 11.6 Å². The average molecular weight is 242 g/mol. The van der Waals surface area contributed by atoms with Gasteiger partial charge in [-0.25, -0.2) is 8.78 Å². The van der Waals surface area contributed by atoms with Crippen molar-refractivity contribution in [2.24, 2.45) is 0 Å². The minimum absolute atomic E-state index is 0.444. The molecule has 0 unspecified atom stereocenters. The zero-order valence-corrected chi connectivity index (χ0v) is 10.2. The van der Waals surface area contributed by atoms with E-state index < -0.39 is 11.6 Å². The van der Waals surface area contributed by atoms with Gasteiger partial charge < -0.3 is 10.6 Å². The Morgan fingerprint density at radius 1 is 1.06 bits per heavy atom.